The Hall–Kier alpha value is -4.65. The van der Waals surface area contributed by atoms with E-state index in [1.165, 1.54) is 19.2 Å². The quantitative estimate of drug-likeness (QED) is 0.357. The van der Waals surface area contributed by atoms with Crippen molar-refractivity contribution in [2.45, 2.75) is 38.5 Å². The third-order valence-electron chi connectivity index (χ3n) is 8.69. The number of nitrogens with zero attached hydrogens (tertiary/aromatic N) is 3. The van der Waals surface area contributed by atoms with Gasteiger partial charge in [0.25, 0.3) is 11.8 Å². The molecule has 0 spiro atoms. The van der Waals surface area contributed by atoms with Crippen LogP contribution < -0.4 is 20.5 Å². The summed E-state index contributed by atoms with van der Waals surface area (Å²) in [6, 6.07) is 9.92. The van der Waals surface area contributed by atoms with Crippen LogP contribution in [0.25, 0.3) is 5.57 Å². The summed E-state index contributed by atoms with van der Waals surface area (Å²) in [5.41, 5.74) is -1.45. The smallest absolute Gasteiger partial charge is 0.417 e. The lowest BCUT2D eigenvalue weighted by atomic mass is 9.96. The molecule has 0 radical (unpaired) electrons. The number of H-pyrrole nitrogens is 1. The highest BCUT2D eigenvalue weighted by atomic mass is 19.4. The molecule has 244 valence electrons. The number of amides is 2. The lowest BCUT2D eigenvalue weighted by Gasteiger charge is -2.44. The van der Waals surface area contributed by atoms with E-state index in [9.17, 15) is 27.6 Å². The number of nitrogens with one attached hydrogen (secondary N) is 2. The molecular weight excluding hydrogens is 606 g/mol. The predicted octanol–water partition coefficient (Wildman–Crippen LogP) is 5.25. The summed E-state index contributed by atoms with van der Waals surface area (Å²) in [4.78, 5) is 45.9. The molecule has 1 fully saturated rings. The molecule has 2 amide bonds. The first-order chi connectivity index (χ1) is 21.8. The van der Waals surface area contributed by atoms with E-state index in [1.807, 2.05) is 25.8 Å². The molecule has 0 bridgehead atoms. The van der Waals surface area contributed by atoms with E-state index >= 15 is 4.39 Å². The molecular formula is C33H35F4N5O4. The number of anilines is 2. The topological polar surface area (TPSA) is 98.0 Å². The first kappa shape index (κ1) is 32.7. The Morgan fingerprint density at radius 2 is 1.72 bits per heavy atom. The fourth-order valence-corrected chi connectivity index (χ4v) is 5.87. The number of rotatable bonds is 6. The standard InChI is InChI=1S/C33H35F4N5O4/c1-19-17-42(18-20(2)40(19)3)29-15-27(34)24(13-28(29)39-31(44)25-16-38-30(43)14-26(25)33(35,36)37)21-9-11-41(12-10-21)32(45)22-5-7-23(46-4)8-6-22/h5-9,13-16,19-20H,10-12,17-18H2,1-4H3,(H,38,43)(H,39,44)/t19-,20+. The average molecular weight is 642 g/mol. The number of pyridine rings is 1. The SMILES string of the molecule is COc1ccc(C(=O)N2CC=C(c3cc(NC(=O)c4c[nH]c(=O)cc4C(F)(F)F)c(N4C[C@@H](C)N(C)[C@@H](C)C4)cc3F)CC2)cc1. The van der Waals surface area contributed by atoms with E-state index in [2.05, 4.69) is 15.2 Å². The van der Waals surface area contributed by atoms with Crippen LogP contribution in [0.3, 0.4) is 0 Å². The van der Waals surface area contributed by atoms with E-state index in [-0.39, 0.29) is 35.8 Å². The van der Waals surface area contributed by atoms with Crippen LogP contribution in [0.1, 0.15) is 52.1 Å². The largest absolute Gasteiger partial charge is 0.497 e. The zero-order chi connectivity index (χ0) is 33.3. The third-order valence-corrected chi connectivity index (χ3v) is 8.69. The minimum absolute atomic E-state index is 0.0707. The lowest BCUT2D eigenvalue weighted by molar-refractivity contribution is -0.138. The summed E-state index contributed by atoms with van der Waals surface area (Å²) >= 11 is 0. The van der Waals surface area contributed by atoms with Gasteiger partial charge in [-0.1, -0.05) is 6.08 Å². The van der Waals surface area contributed by atoms with Gasteiger partial charge < -0.3 is 24.8 Å². The number of alkyl halides is 3. The Bertz CT molecular complexity index is 1710. The molecule has 5 rings (SSSR count). The molecule has 1 aromatic heterocycles. The van der Waals surface area contributed by atoms with Crippen molar-refractivity contribution in [1.82, 2.24) is 14.8 Å². The maximum atomic E-state index is 15.9. The lowest BCUT2D eigenvalue weighted by Crippen LogP contribution is -2.55. The Morgan fingerprint density at radius 3 is 2.30 bits per heavy atom. The maximum absolute atomic E-state index is 15.9. The molecule has 3 aromatic rings. The summed E-state index contributed by atoms with van der Waals surface area (Å²) < 4.78 is 62.4. The predicted molar refractivity (Wildman–Crippen MR) is 167 cm³/mol. The molecule has 13 heteroatoms. The van der Waals surface area contributed by atoms with Crippen molar-refractivity contribution in [2.24, 2.45) is 0 Å². The number of hydrogen-bond acceptors (Lipinski definition) is 6. The van der Waals surface area contributed by atoms with E-state index in [0.717, 1.165) is 6.20 Å². The Kier molecular flexibility index (Phi) is 9.24. The summed E-state index contributed by atoms with van der Waals surface area (Å²) in [7, 11) is 3.51. The van der Waals surface area contributed by atoms with Gasteiger partial charge in [-0.15, -0.1) is 0 Å². The Balaban J connectivity index is 1.48. The summed E-state index contributed by atoms with van der Waals surface area (Å²) in [5, 5.41) is 2.58. The number of ether oxygens (including phenoxy) is 1. The van der Waals surface area contributed by atoms with Crippen molar-refractivity contribution in [1.29, 1.82) is 0 Å². The van der Waals surface area contributed by atoms with Crippen LogP contribution in [-0.2, 0) is 6.18 Å². The zero-order valence-corrected chi connectivity index (χ0v) is 25.9. The number of aromatic nitrogens is 1. The first-order valence-electron chi connectivity index (χ1n) is 14.8. The number of halogens is 4. The van der Waals surface area contributed by atoms with Crippen LogP contribution in [0.4, 0.5) is 28.9 Å². The van der Waals surface area contributed by atoms with Crippen LogP contribution in [0.5, 0.6) is 5.75 Å². The normalized spacial score (nSPS) is 19.1. The fourth-order valence-electron chi connectivity index (χ4n) is 5.87. The molecule has 2 aliphatic heterocycles. The molecule has 2 aromatic carbocycles. The van der Waals surface area contributed by atoms with E-state index in [1.54, 1.807) is 35.2 Å². The number of piperazine rings is 1. The van der Waals surface area contributed by atoms with Gasteiger partial charge in [-0.2, -0.15) is 13.2 Å². The number of aromatic amines is 1. The maximum Gasteiger partial charge on any atom is 0.417 e. The second-order valence-corrected chi connectivity index (χ2v) is 11.7. The molecule has 1 saturated heterocycles. The van der Waals surface area contributed by atoms with Gasteiger partial charge >= 0.3 is 6.18 Å². The molecule has 0 aliphatic carbocycles. The number of hydrogen-bond donors (Lipinski definition) is 2. The summed E-state index contributed by atoms with van der Waals surface area (Å²) in [6.07, 6.45) is -2.19. The van der Waals surface area contributed by atoms with E-state index < -0.39 is 34.6 Å². The van der Waals surface area contributed by atoms with Crippen LogP contribution in [-0.4, -0.2) is 79.0 Å². The van der Waals surface area contributed by atoms with Gasteiger partial charge in [0.05, 0.1) is 29.6 Å². The minimum Gasteiger partial charge on any atom is -0.497 e. The number of methoxy groups -OCH3 is 1. The number of carbonyl (C=O) groups excluding carboxylic acids is 2. The molecule has 46 heavy (non-hydrogen) atoms. The Morgan fingerprint density at radius 1 is 1.04 bits per heavy atom. The number of likely N-dealkylation sites (N-methyl/N-ethyl adjacent to an activating group) is 1. The highest BCUT2D eigenvalue weighted by molar-refractivity contribution is 6.07. The molecule has 3 heterocycles. The third kappa shape index (κ3) is 6.79. The Labute approximate surface area is 263 Å². The van der Waals surface area contributed by atoms with Crippen LogP contribution in [0.15, 0.2) is 59.5 Å². The van der Waals surface area contributed by atoms with E-state index in [0.29, 0.717) is 54.7 Å². The van der Waals surface area contributed by atoms with Gasteiger partial charge in [0.2, 0.25) is 5.56 Å². The average Bonchev–Trinajstić information content (AvgIpc) is 3.03. The second-order valence-electron chi connectivity index (χ2n) is 11.7. The van der Waals surface area contributed by atoms with Gasteiger partial charge in [0.15, 0.2) is 0 Å². The van der Waals surface area contributed by atoms with Crippen molar-refractivity contribution < 1.29 is 31.9 Å². The summed E-state index contributed by atoms with van der Waals surface area (Å²) in [6.45, 7) is 5.50. The first-order valence-corrected chi connectivity index (χ1v) is 14.8. The second kappa shape index (κ2) is 13.0. The van der Waals surface area contributed by atoms with Crippen molar-refractivity contribution in [2.75, 3.05) is 50.6 Å². The molecule has 0 unspecified atom stereocenters. The van der Waals surface area contributed by atoms with Crippen LogP contribution >= 0.6 is 0 Å². The highest BCUT2D eigenvalue weighted by Crippen LogP contribution is 2.37. The van der Waals surface area contributed by atoms with Crippen LogP contribution in [0.2, 0.25) is 0 Å². The summed E-state index contributed by atoms with van der Waals surface area (Å²) in [5.74, 6) is -1.24. The van der Waals surface area contributed by atoms with E-state index in [4.69, 9.17) is 4.74 Å². The molecule has 0 saturated carbocycles. The van der Waals surface area contributed by atoms with Gasteiger partial charge in [-0.05, 0) is 69.3 Å². The zero-order valence-electron chi connectivity index (χ0n) is 25.9. The van der Waals surface area contributed by atoms with Crippen molar-refractivity contribution >= 4 is 28.8 Å². The molecule has 2 aliphatic rings. The van der Waals surface area contributed by atoms with Crippen LogP contribution in [0, 0.1) is 5.82 Å². The van der Waals surface area contributed by atoms with Gasteiger partial charge in [0, 0.05) is 61.7 Å². The molecule has 9 nitrogen and oxygen atoms in total. The highest BCUT2D eigenvalue weighted by Gasteiger charge is 2.36. The van der Waals surface area contributed by atoms with Gasteiger partial charge in [-0.25, -0.2) is 4.39 Å². The number of benzene rings is 2. The van der Waals surface area contributed by atoms with Crippen molar-refractivity contribution in [3.8, 4) is 5.75 Å². The number of carbonyl (C=O) groups is 2. The van der Waals surface area contributed by atoms with Gasteiger partial charge in [0.1, 0.15) is 11.6 Å². The molecule has 2 N–H and O–H groups in total. The monoisotopic (exact) mass is 641 g/mol. The van der Waals surface area contributed by atoms with Crippen molar-refractivity contribution in [3.05, 3.63) is 93.2 Å². The fraction of sp³-hybridized carbons (Fsp3) is 0.364. The molecule has 2 atom stereocenters. The van der Waals surface area contributed by atoms with Crippen molar-refractivity contribution in [3.63, 3.8) is 0 Å². The van der Waals surface area contributed by atoms with Gasteiger partial charge in [-0.3, -0.25) is 19.3 Å². The minimum atomic E-state index is -4.96.